The molecule has 1 aromatic heterocycles. The predicted molar refractivity (Wildman–Crippen MR) is 118 cm³/mol. The Hall–Kier alpha value is -3.58. The molecule has 2 N–H and O–H groups in total. The number of rotatable bonds is 7. The van der Waals surface area contributed by atoms with Crippen molar-refractivity contribution in [3.63, 3.8) is 0 Å². The number of hydrogen-bond acceptors (Lipinski definition) is 5. The van der Waals surface area contributed by atoms with E-state index in [0.29, 0.717) is 31.1 Å². The number of nitrogens with zero attached hydrogens (tertiary/aromatic N) is 2. The largest absolute Gasteiger partial charge is 0.486 e. The molecule has 0 fully saturated rings. The molecule has 0 bridgehead atoms. The van der Waals surface area contributed by atoms with Crippen LogP contribution < -0.4 is 14.8 Å². The zero-order chi connectivity index (χ0) is 21.6. The highest BCUT2D eigenvalue weighted by Crippen LogP contribution is 2.35. The molecule has 160 valence electrons. The van der Waals surface area contributed by atoms with Gasteiger partial charge in [-0.05, 0) is 42.8 Å². The van der Waals surface area contributed by atoms with E-state index < -0.39 is 0 Å². The van der Waals surface area contributed by atoms with Gasteiger partial charge in [-0.15, -0.1) is 0 Å². The lowest BCUT2D eigenvalue weighted by atomic mass is 10.1. The Kier molecular flexibility index (Phi) is 6.33. The fourth-order valence-corrected chi connectivity index (χ4v) is 3.33. The van der Waals surface area contributed by atoms with Crippen LogP contribution in [0.15, 0.2) is 60.8 Å². The van der Waals surface area contributed by atoms with Crippen LogP contribution >= 0.6 is 0 Å². The van der Waals surface area contributed by atoms with Crippen molar-refractivity contribution in [2.75, 3.05) is 19.8 Å². The van der Waals surface area contributed by atoms with Crippen molar-refractivity contribution >= 4 is 12.0 Å². The molecule has 3 aromatic rings. The summed E-state index contributed by atoms with van der Waals surface area (Å²) < 4.78 is 13.1. The molecule has 31 heavy (non-hydrogen) atoms. The number of aromatic nitrogens is 2. The van der Waals surface area contributed by atoms with E-state index in [1.54, 1.807) is 10.8 Å². The van der Waals surface area contributed by atoms with Gasteiger partial charge in [-0.3, -0.25) is 4.79 Å². The average Bonchev–Trinajstić information content (AvgIpc) is 3.26. The van der Waals surface area contributed by atoms with Crippen LogP contribution in [0.25, 0.3) is 23.0 Å². The molecule has 1 amide bonds. The molecular weight excluding hydrogens is 394 g/mol. The molecule has 0 radical (unpaired) electrons. The maximum atomic E-state index is 12.3. The van der Waals surface area contributed by atoms with Gasteiger partial charge in [-0.25, -0.2) is 4.68 Å². The minimum Gasteiger partial charge on any atom is -0.486 e. The Morgan fingerprint density at radius 3 is 2.71 bits per heavy atom. The van der Waals surface area contributed by atoms with E-state index in [1.807, 2.05) is 61.7 Å². The van der Waals surface area contributed by atoms with Crippen molar-refractivity contribution in [3.05, 3.63) is 66.4 Å². The number of para-hydroxylation sites is 1. The highest BCUT2D eigenvalue weighted by molar-refractivity contribution is 5.93. The number of benzene rings is 2. The second-order valence-corrected chi connectivity index (χ2v) is 7.20. The summed E-state index contributed by atoms with van der Waals surface area (Å²) in [7, 11) is 0. The van der Waals surface area contributed by atoms with E-state index in [4.69, 9.17) is 14.6 Å². The molecule has 0 saturated carbocycles. The second kappa shape index (κ2) is 9.49. The van der Waals surface area contributed by atoms with E-state index in [2.05, 4.69) is 5.32 Å². The number of carbonyl (C=O) groups excluding carboxylic acids is 1. The molecule has 1 aliphatic rings. The third-order valence-electron chi connectivity index (χ3n) is 5.05. The Morgan fingerprint density at radius 1 is 1.19 bits per heavy atom. The topological polar surface area (TPSA) is 85.6 Å². The standard InChI is InChI=1S/C24H25N3O4/c1-2-19(16-28)25-23(29)11-9-18-15-27(20-6-4-3-5-7-20)26-24(18)17-8-10-21-22(14-17)31-13-12-30-21/h3-11,14-15,19,28H,2,12-13,16H2,1H3,(H,25,29)/b11-9+. The Balaban J connectivity index is 1.69. The van der Waals surface area contributed by atoms with Crippen LogP contribution in [0.3, 0.4) is 0 Å². The molecule has 7 heteroatoms. The van der Waals surface area contributed by atoms with Crippen molar-refractivity contribution in [1.82, 2.24) is 15.1 Å². The molecule has 1 aliphatic heterocycles. The number of aliphatic hydroxyl groups excluding tert-OH is 1. The summed E-state index contributed by atoms with van der Waals surface area (Å²) in [4.78, 5) is 12.3. The van der Waals surface area contributed by atoms with E-state index >= 15 is 0 Å². The zero-order valence-electron chi connectivity index (χ0n) is 17.3. The maximum Gasteiger partial charge on any atom is 0.244 e. The molecule has 2 aromatic carbocycles. The van der Waals surface area contributed by atoms with Crippen molar-refractivity contribution in [3.8, 4) is 28.4 Å². The average molecular weight is 419 g/mol. The van der Waals surface area contributed by atoms with Crippen LogP contribution in [0.1, 0.15) is 18.9 Å². The number of aliphatic hydroxyl groups is 1. The van der Waals surface area contributed by atoms with Gasteiger partial charge in [-0.2, -0.15) is 5.10 Å². The van der Waals surface area contributed by atoms with Crippen LogP contribution in [0.2, 0.25) is 0 Å². The minimum absolute atomic E-state index is 0.0928. The fraction of sp³-hybridized carbons (Fsp3) is 0.250. The summed E-state index contributed by atoms with van der Waals surface area (Å²) in [6.45, 7) is 2.86. The highest BCUT2D eigenvalue weighted by Gasteiger charge is 2.16. The molecule has 1 atom stereocenters. The number of amides is 1. The first-order chi connectivity index (χ1) is 15.2. The smallest absolute Gasteiger partial charge is 0.244 e. The first kappa shape index (κ1) is 20.7. The molecule has 0 aliphatic carbocycles. The summed E-state index contributed by atoms with van der Waals surface area (Å²) in [5.74, 6) is 1.13. The van der Waals surface area contributed by atoms with E-state index in [9.17, 15) is 9.90 Å². The van der Waals surface area contributed by atoms with Crippen LogP contribution in [0.4, 0.5) is 0 Å². The van der Waals surface area contributed by atoms with Gasteiger partial charge >= 0.3 is 0 Å². The highest BCUT2D eigenvalue weighted by atomic mass is 16.6. The summed E-state index contributed by atoms with van der Waals surface area (Å²) in [6.07, 6.45) is 5.74. The quantitative estimate of drug-likeness (QED) is 0.575. The van der Waals surface area contributed by atoms with E-state index in [0.717, 1.165) is 22.5 Å². The first-order valence-electron chi connectivity index (χ1n) is 10.3. The Bertz CT molecular complexity index is 1070. The van der Waals surface area contributed by atoms with Gasteiger partial charge in [0.2, 0.25) is 5.91 Å². The fourth-order valence-electron chi connectivity index (χ4n) is 3.33. The van der Waals surface area contributed by atoms with Gasteiger partial charge in [0.1, 0.15) is 18.9 Å². The number of hydrogen-bond donors (Lipinski definition) is 2. The molecular formula is C24H25N3O4. The lowest BCUT2D eigenvalue weighted by molar-refractivity contribution is -0.117. The zero-order valence-corrected chi connectivity index (χ0v) is 17.3. The third kappa shape index (κ3) is 4.78. The van der Waals surface area contributed by atoms with Crippen molar-refractivity contribution in [2.45, 2.75) is 19.4 Å². The van der Waals surface area contributed by atoms with Gasteiger partial charge in [0, 0.05) is 23.4 Å². The number of carbonyl (C=O) groups is 1. The van der Waals surface area contributed by atoms with Gasteiger partial charge in [-0.1, -0.05) is 25.1 Å². The molecule has 0 spiro atoms. The SMILES string of the molecule is CCC(CO)NC(=O)/C=C/c1cn(-c2ccccc2)nc1-c1ccc2c(c1)OCCO2. The van der Waals surface area contributed by atoms with E-state index in [1.165, 1.54) is 6.08 Å². The van der Waals surface area contributed by atoms with Crippen LogP contribution in [0, 0.1) is 0 Å². The van der Waals surface area contributed by atoms with Gasteiger partial charge < -0.3 is 19.9 Å². The number of fused-ring (bicyclic) bond motifs is 1. The molecule has 7 nitrogen and oxygen atoms in total. The van der Waals surface area contributed by atoms with Crippen molar-refractivity contribution < 1.29 is 19.4 Å². The summed E-state index contributed by atoms with van der Waals surface area (Å²) in [5, 5.41) is 16.9. The van der Waals surface area contributed by atoms with Crippen molar-refractivity contribution in [2.24, 2.45) is 0 Å². The molecule has 1 unspecified atom stereocenters. The normalized spacial score (nSPS) is 13.9. The first-order valence-corrected chi connectivity index (χ1v) is 10.3. The summed E-state index contributed by atoms with van der Waals surface area (Å²) >= 11 is 0. The molecule has 4 rings (SSSR count). The maximum absolute atomic E-state index is 12.3. The second-order valence-electron chi connectivity index (χ2n) is 7.20. The lowest BCUT2D eigenvalue weighted by Gasteiger charge is -2.18. The van der Waals surface area contributed by atoms with Crippen LogP contribution in [-0.2, 0) is 4.79 Å². The summed E-state index contributed by atoms with van der Waals surface area (Å²) in [6, 6.07) is 15.2. The number of nitrogens with one attached hydrogen (secondary N) is 1. The predicted octanol–water partition coefficient (Wildman–Crippen LogP) is 3.21. The number of ether oxygens (including phenoxy) is 2. The lowest BCUT2D eigenvalue weighted by Crippen LogP contribution is -2.35. The third-order valence-corrected chi connectivity index (χ3v) is 5.05. The molecule has 0 saturated heterocycles. The molecule has 2 heterocycles. The van der Waals surface area contributed by atoms with E-state index in [-0.39, 0.29) is 18.6 Å². The van der Waals surface area contributed by atoms with Crippen LogP contribution in [0.5, 0.6) is 11.5 Å². The minimum atomic E-state index is -0.263. The Morgan fingerprint density at radius 2 is 1.97 bits per heavy atom. The van der Waals surface area contributed by atoms with Crippen molar-refractivity contribution in [1.29, 1.82) is 0 Å². The van der Waals surface area contributed by atoms with Gasteiger partial charge in [0.05, 0.1) is 18.3 Å². The monoisotopic (exact) mass is 419 g/mol. The van der Waals surface area contributed by atoms with Crippen LogP contribution in [-0.4, -0.2) is 46.7 Å². The van der Waals surface area contributed by atoms with Gasteiger partial charge in [0.15, 0.2) is 11.5 Å². The van der Waals surface area contributed by atoms with Gasteiger partial charge in [0.25, 0.3) is 0 Å². The Labute approximate surface area is 180 Å². The summed E-state index contributed by atoms with van der Waals surface area (Å²) in [5.41, 5.74) is 3.28.